The molecule has 2 unspecified atom stereocenters. The summed E-state index contributed by atoms with van der Waals surface area (Å²) in [5, 5.41) is 12.3. The van der Waals surface area contributed by atoms with Crippen LogP contribution in [-0.2, 0) is 6.42 Å². The van der Waals surface area contributed by atoms with Gasteiger partial charge in [-0.15, -0.1) is 0 Å². The van der Waals surface area contributed by atoms with Crippen LogP contribution >= 0.6 is 0 Å². The van der Waals surface area contributed by atoms with Gasteiger partial charge in [0.15, 0.2) is 0 Å². The molecule has 4 heteroatoms. The van der Waals surface area contributed by atoms with Gasteiger partial charge in [0.1, 0.15) is 5.82 Å². The van der Waals surface area contributed by atoms with Crippen molar-refractivity contribution in [3.05, 3.63) is 77.1 Å². The van der Waals surface area contributed by atoms with Crippen molar-refractivity contribution < 1.29 is 9.50 Å². The summed E-state index contributed by atoms with van der Waals surface area (Å²) in [7, 11) is 2.17. The minimum Gasteiger partial charge on any atom is -0.385 e. The number of aliphatic hydroxyl groups is 1. The monoisotopic (exact) mass is 422 g/mol. The maximum Gasteiger partial charge on any atom is 0.123 e. The molecular formula is C27H35FN2O. The number of benzene rings is 2. The summed E-state index contributed by atoms with van der Waals surface area (Å²) in [5.41, 5.74) is 2.12. The van der Waals surface area contributed by atoms with Gasteiger partial charge in [-0.2, -0.15) is 0 Å². The minimum absolute atomic E-state index is 0.136. The molecule has 1 N–H and O–H groups in total. The molecule has 0 radical (unpaired) electrons. The molecule has 2 aromatic rings. The van der Waals surface area contributed by atoms with Crippen molar-refractivity contribution in [2.24, 2.45) is 5.92 Å². The predicted octanol–water partition coefficient (Wildman–Crippen LogP) is 4.62. The quantitative estimate of drug-likeness (QED) is 0.713. The summed E-state index contributed by atoms with van der Waals surface area (Å²) >= 11 is 0. The second-order valence-electron chi connectivity index (χ2n) is 9.36. The lowest BCUT2D eigenvalue weighted by atomic mass is 9.74. The van der Waals surface area contributed by atoms with Crippen LogP contribution in [0.1, 0.15) is 36.8 Å². The van der Waals surface area contributed by atoms with E-state index in [0.717, 1.165) is 75.1 Å². The first-order valence-corrected chi connectivity index (χ1v) is 11.7. The summed E-state index contributed by atoms with van der Waals surface area (Å²) < 4.78 is 14.0. The smallest absolute Gasteiger partial charge is 0.123 e. The molecule has 2 atom stereocenters. The Labute approximate surface area is 186 Å². The lowest BCUT2D eigenvalue weighted by Gasteiger charge is -2.42. The van der Waals surface area contributed by atoms with Crippen LogP contribution < -0.4 is 0 Å². The van der Waals surface area contributed by atoms with Crippen LogP contribution in [0.4, 0.5) is 4.39 Å². The molecular weight excluding hydrogens is 387 g/mol. The maximum atomic E-state index is 14.0. The second-order valence-corrected chi connectivity index (χ2v) is 9.36. The van der Waals surface area contributed by atoms with Crippen LogP contribution in [0.5, 0.6) is 0 Å². The maximum absolute atomic E-state index is 14.0. The highest BCUT2D eigenvalue weighted by atomic mass is 19.1. The van der Waals surface area contributed by atoms with Gasteiger partial charge in [-0.3, -0.25) is 0 Å². The third-order valence-corrected chi connectivity index (χ3v) is 7.06. The second kappa shape index (κ2) is 10.1. The van der Waals surface area contributed by atoms with Crippen molar-refractivity contribution in [2.45, 2.75) is 37.7 Å². The van der Waals surface area contributed by atoms with Gasteiger partial charge >= 0.3 is 0 Å². The van der Waals surface area contributed by atoms with Crippen molar-refractivity contribution >= 4 is 6.08 Å². The Morgan fingerprint density at radius 2 is 1.81 bits per heavy atom. The Balaban J connectivity index is 1.67. The third kappa shape index (κ3) is 5.62. The number of rotatable bonds is 5. The van der Waals surface area contributed by atoms with Gasteiger partial charge in [0.2, 0.25) is 0 Å². The van der Waals surface area contributed by atoms with Gasteiger partial charge in [0.25, 0.3) is 0 Å². The number of likely N-dealkylation sites (N-methyl/N-ethyl adjacent to an activating group) is 1. The highest BCUT2D eigenvalue weighted by molar-refractivity contribution is 5.55. The van der Waals surface area contributed by atoms with E-state index in [0.29, 0.717) is 6.42 Å². The van der Waals surface area contributed by atoms with Gasteiger partial charge in [-0.1, -0.05) is 55.0 Å². The molecule has 2 fully saturated rings. The van der Waals surface area contributed by atoms with Crippen molar-refractivity contribution in [3.63, 3.8) is 0 Å². The summed E-state index contributed by atoms with van der Waals surface area (Å²) in [6.45, 7) is 5.12. The van der Waals surface area contributed by atoms with E-state index in [9.17, 15) is 9.50 Å². The third-order valence-electron chi connectivity index (χ3n) is 7.06. The number of piperazine rings is 1. The van der Waals surface area contributed by atoms with Gasteiger partial charge in [-0.25, -0.2) is 4.39 Å². The van der Waals surface area contributed by atoms with Gasteiger partial charge in [0, 0.05) is 45.1 Å². The molecule has 3 nitrogen and oxygen atoms in total. The summed E-state index contributed by atoms with van der Waals surface area (Å²) in [6, 6.07) is 17.0. The fraction of sp³-hybridized carbons (Fsp3) is 0.481. The Bertz CT molecular complexity index is 876. The van der Waals surface area contributed by atoms with Crippen LogP contribution in [0.2, 0.25) is 0 Å². The molecule has 0 amide bonds. The fourth-order valence-electron chi connectivity index (χ4n) is 5.17. The molecule has 1 saturated heterocycles. The van der Waals surface area contributed by atoms with E-state index >= 15 is 0 Å². The zero-order valence-electron chi connectivity index (χ0n) is 18.6. The Kier molecular flexibility index (Phi) is 7.21. The largest absolute Gasteiger partial charge is 0.385 e. The Hall–Kier alpha value is -2.01. The Morgan fingerprint density at radius 1 is 1.03 bits per heavy atom. The summed E-state index contributed by atoms with van der Waals surface area (Å²) in [4.78, 5) is 4.87. The lowest BCUT2D eigenvalue weighted by molar-refractivity contribution is -0.00646. The molecule has 2 aliphatic rings. The average Bonchev–Trinajstić information content (AvgIpc) is 2.90. The molecule has 1 saturated carbocycles. The number of nitrogens with zero attached hydrogens (tertiary/aromatic N) is 2. The SMILES string of the molecule is CN1CCN(CC2CCCCC(=Cc3ccccc3)C2(O)Cc2cccc(F)c2)CC1. The van der Waals surface area contributed by atoms with Crippen LogP contribution in [0.15, 0.2) is 60.2 Å². The van der Waals surface area contributed by atoms with E-state index in [4.69, 9.17) is 0 Å². The molecule has 2 aromatic carbocycles. The van der Waals surface area contributed by atoms with Gasteiger partial charge in [-0.05, 0) is 55.1 Å². The van der Waals surface area contributed by atoms with Crippen LogP contribution in [0, 0.1) is 11.7 Å². The van der Waals surface area contributed by atoms with Crippen molar-refractivity contribution in [3.8, 4) is 0 Å². The number of hydrogen-bond donors (Lipinski definition) is 1. The fourth-order valence-corrected chi connectivity index (χ4v) is 5.17. The van der Waals surface area contributed by atoms with E-state index in [1.807, 2.05) is 24.3 Å². The molecule has 0 aromatic heterocycles. The molecule has 0 bridgehead atoms. The van der Waals surface area contributed by atoms with E-state index in [1.165, 1.54) is 6.07 Å². The van der Waals surface area contributed by atoms with Crippen LogP contribution in [0.25, 0.3) is 6.08 Å². The summed E-state index contributed by atoms with van der Waals surface area (Å²) in [5.74, 6) is -0.101. The van der Waals surface area contributed by atoms with Gasteiger partial charge < -0.3 is 14.9 Å². The van der Waals surface area contributed by atoms with Crippen LogP contribution in [-0.4, -0.2) is 60.3 Å². The van der Waals surface area contributed by atoms with E-state index in [-0.39, 0.29) is 11.7 Å². The Morgan fingerprint density at radius 3 is 2.55 bits per heavy atom. The molecule has 1 aliphatic carbocycles. The highest BCUT2D eigenvalue weighted by Gasteiger charge is 2.42. The first-order valence-electron chi connectivity index (χ1n) is 11.7. The molecule has 31 heavy (non-hydrogen) atoms. The number of hydrogen-bond acceptors (Lipinski definition) is 3. The standard InChI is InChI=1S/C27H35FN2O/c1-29-14-16-30(17-15-29)21-25-12-6-5-11-24(18-22-8-3-2-4-9-22)27(25,31)20-23-10-7-13-26(28)19-23/h2-4,7-10,13,18-19,25,31H,5-6,11-12,14-17,20-21H2,1H3. The zero-order chi connectivity index (χ0) is 21.7. The normalized spacial score (nSPS) is 27.3. The topological polar surface area (TPSA) is 26.7 Å². The molecule has 0 spiro atoms. The van der Waals surface area contributed by atoms with Gasteiger partial charge in [0.05, 0.1) is 5.60 Å². The highest BCUT2D eigenvalue weighted by Crippen LogP contribution is 2.41. The average molecular weight is 423 g/mol. The van der Waals surface area contributed by atoms with Crippen molar-refractivity contribution in [2.75, 3.05) is 39.8 Å². The first kappa shape index (κ1) is 22.2. The van der Waals surface area contributed by atoms with Crippen molar-refractivity contribution in [1.82, 2.24) is 9.80 Å². The van der Waals surface area contributed by atoms with Crippen molar-refractivity contribution in [1.29, 1.82) is 0 Å². The van der Waals surface area contributed by atoms with E-state index in [1.54, 1.807) is 12.1 Å². The molecule has 1 aliphatic heterocycles. The first-order chi connectivity index (χ1) is 15.0. The minimum atomic E-state index is -0.969. The van der Waals surface area contributed by atoms with E-state index < -0.39 is 5.60 Å². The number of halogens is 1. The zero-order valence-corrected chi connectivity index (χ0v) is 18.6. The summed E-state index contributed by atoms with van der Waals surface area (Å²) in [6.07, 6.45) is 6.74. The molecule has 4 rings (SSSR count). The molecule has 166 valence electrons. The molecule has 1 heterocycles. The predicted molar refractivity (Wildman–Crippen MR) is 125 cm³/mol. The van der Waals surface area contributed by atoms with Crippen LogP contribution in [0.3, 0.4) is 0 Å². The van der Waals surface area contributed by atoms with E-state index in [2.05, 4.69) is 35.1 Å². The lowest BCUT2D eigenvalue weighted by Crippen LogP contribution is -2.51.